The van der Waals surface area contributed by atoms with Crippen LogP contribution in [0.4, 0.5) is 5.95 Å². The van der Waals surface area contributed by atoms with Crippen molar-refractivity contribution in [2.24, 2.45) is 5.92 Å². The molecule has 0 spiro atoms. The molecule has 128 valence electrons. The molecule has 7 nitrogen and oxygen atoms in total. The molecule has 2 saturated heterocycles. The first kappa shape index (κ1) is 15.4. The second-order valence-corrected chi connectivity index (χ2v) is 6.67. The minimum atomic E-state index is 0.529. The van der Waals surface area contributed by atoms with Crippen molar-refractivity contribution in [2.75, 3.05) is 31.6 Å². The first-order chi connectivity index (χ1) is 11.7. The highest BCUT2D eigenvalue weighted by atomic mass is 16.5. The molecule has 0 radical (unpaired) electrons. The van der Waals surface area contributed by atoms with Crippen molar-refractivity contribution in [1.82, 2.24) is 20.0 Å². The summed E-state index contributed by atoms with van der Waals surface area (Å²) in [6.45, 7) is 5.90. The van der Waals surface area contributed by atoms with Crippen LogP contribution < -0.4 is 9.64 Å². The molecule has 7 heteroatoms. The van der Waals surface area contributed by atoms with E-state index in [1.807, 2.05) is 13.0 Å². The molecule has 2 fully saturated rings. The van der Waals surface area contributed by atoms with Crippen LogP contribution in [0.1, 0.15) is 24.3 Å². The van der Waals surface area contributed by atoms with Crippen LogP contribution in [-0.2, 0) is 6.54 Å². The van der Waals surface area contributed by atoms with E-state index in [1.54, 1.807) is 19.5 Å². The first-order valence-electron chi connectivity index (χ1n) is 8.50. The molecule has 4 heterocycles. The molecule has 2 aromatic rings. The van der Waals surface area contributed by atoms with Gasteiger partial charge in [0, 0.05) is 31.7 Å². The topological polar surface area (TPSA) is 67.5 Å². The number of fused-ring (bicyclic) bond motifs is 1. The lowest BCUT2D eigenvalue weighted by Gasteiger charge is -2.38. The van der Waals surface area contributed by atoms with E-state index < -0.39 is 0 Å². The normalized spacial score (nSPS) is 24.2. The largest absolute Gasteiger partial charge is 0.494 e. The Balaban J connectivity index is 1.45. The Bertz CT molecular complexity index is 687. The van der Waals surface area contributed by atoms with Crippen molar-refractivity contribution in [3.8, 4) is 5.75 Å². The number of piperidine rings is 1. The van der Waals surface area contributed by atoms with Gasteiger partial charge >= 0.3 is 0 Å². The molecule has 2 aliphatic rings. The van der Waals surface area contributed by atoms with Crippen LogP contribution in [0, 0.1) is 12.8 Å². The average Bonchev–Trinajstić information content (AvgIpc) is 3.21. The average molecular weight is 329 g/mol. The van der Waals surface area contributed by atoms with Gasteiger partial charge in [0.2, 0.25) is 5.95 Å². The van der Waals surface area contributed by atoms with Gasteiger partial charge in [-0.2, -0.15) is 0 Å². The number of hydrogen-bond donors (Lipinski definition) is 0. The number of rotatable bonds is 4. The van der Waals surface area contributed by atoms with Gasteiger partial charge < -0.3 is 14.2 Å². The lowest BCUT2D eigenvalue weighted by Crippen LogP contribution is -2.48. The Morgan fingerprint density at radius 1 is 1.25 bits per heavy atom. The number of nitrogens with zero attached hydrogens (tertiary/aromatic N) is 5. The fraction of sp³-hybridized carbons (Fsp3) is 0.588. The SMILES string of the molecule is COc1cnc(N2CCC3CCN(Cc4cc(C)on4)C3C2)nc1. The van der Waals surface area contributed by atoms with Crippen molar-refractivity contribution in [3.05, 3.63) is 29.9 Å². The summed E-state index contributed by atoms with van der Waals surface area (Å²) in [5, 5.41) is 4.14. The van der Waals surface area contributed by atoms with E-state index in [0.717, 1.165) is 49.5 Å². The van der Waals surface area contributed by atoms with Gasteiger partial charge in [-0.15, -0.1) is 0 Å². The van der Waals surface area contributed by atoms with Crippen LogP contribution in [0.2, 0.25) is 0 Å². The van der Waals surface area contributed by atoms with Crippen LogP contribution in [0.5, 0.6) is 5.75 Å². The molecular formula is C17H23N5O2. The van der Waals surface area contributed by atoms with Crippen molar-refractivity contribution in [2.45, 2.75) is 32.4 Å². The Morgan fingerprint density at radius 3 is 2.75 bits per heavy atom. The van der Waals surface area contributed by atoms with Gasteiger partial charge in [0.1, 0.15) is 5.76 Å². The van der Waals surface area contributed by atoms with E-state index in [1.165, 1.54) is 12.8 Å². The number of ether oxygens (including phenoxy) is 1. The quantitative estimate of drug-likeness (QED) is 0.848. The molecule has 0 N–H and O–H groups in total. The maximum Gasteiger partial charge on any atom is 0.225 e. The first-order valence-corrected chi connectivity index (χ1v) is 8.50. The van der Waals surface area contributed by atoms with Crippen LogP contribution in [0.15, 0.2) is 23.0 Å². The van der Waals surface area contributed by atoms with E-state index in [4.69, 9.17) is 9.26 Å². The molecule has 0 aliphatic carbocycles. The fourth-order valence-corrected chi connectivity index (χ4v) is 3.88. The van der Waals surface area contributed by atoms with Crippen LogP contribution in [0.25, 0.3) is 0 Å². The number of aromatic nitrogens is 3. The molecule has 2 atom stereocenters. The number of anilines is 1. The minimum Gasteiger partial charge on any atom is -0.494 e. The number of methoxy groups -OCH3 is 1. The zero-order chi connectivity index (χ0) is 16.5. The van der Waals surface area contributed by atoms with Crippen molar-refractivity contribution in [1.29, 1.82) is 0 Å². The van der Waals surface area contributed by atoms with Gasteiger partial charge in [0.25, 0.3) is 0 Å². The monoisotopic (exact) mass is 329 g/mol. The predicted molar refractivity (Wildman–Crippen MR) is 89.0 cm³/mol. The zero-order valence-electron chi connectivity index (χ0n) is 14.2. The standard InChI is InChI=1S/C17H23N5O2/c1-12-7-14(20-24-12)10-21-5-3-13-4-6-22(11-16(13)21)17-18-8-15(23-2)9-19-17/h7-9,13,16H,3-6,10-11H2,1-2H3. The molecule has 0 aromatic carbocycles. The molecule has 0 amide bonds. The third kappa shape index (κ3) is 2.96. The highest BCUT2D eigenvalue weighted by Crippen LogP contribution is 2.33. The molecule has 0 bridgehead atoms. The molecule has 4 rings (SSSR count). The highest BCUT2D eigenvalue weighted by molar-refractivity contribution is 5.33. The lowest BCUT2D eigenvalue weighted by atomic mass is 9.92. The summed E-state index contributed by atoms with van der Waals surface area (Å²) in [6, 6.07) is 2.56. The number of likely N-dealkylation sites (tertiary alicyclic amines) is 1. The molecule has 2 aliphatic heterocycles. The highest BCUT2D eigenvalue weighted by Gasteiger charge is 2.39. The van der Waals surface area contributed by atoms with Gasteiger partial charge in [-0.1, -0.05) is 5.16 Å². The van der Waals surface area contributed by atoms with Gasteiger partial charge in [-0.05, 0) is 32.2 Å². The smallest absolute Gasteiger partial charge is 0.225 e. The minimum absolute atomic E-state index is 0.529. The summed E-state index contributed by atoms with van der Waals surface area (Å²) in [5.41, 5.74) is 1.02. The Labute approximate surface area is 141 Å². The summed E-state index contributed by atoms with van der Waals surface area (Å²) in [5.74, 6) is 3.11. The summed E-state index contributed by atoms with van der Waals surface area (Å²) in [6.07, 6.45) is 5.92. The van der Waals surface area contributed by atoms with E-state index in [9.17, 15) is 0 Å². The summed E-state index contributed by atoms with van der Waals surface area (Å²) >= 11 is 0. The van der Waals surface area contributed by atoms with Gasteiger partial charge in [-0.3, -0.25) is 4.90 Å². The third-order valence-electron chi connectivity index (χ3n) is 5.15. The Morgan fingerprint density at radius 2 is 2.04 bits per heavy atom. The fourth-order valence-electron chi connectivity index (χ4n) is 3.88. The number of hydrogen-bond acceptors (Lipinski definition) is 7. The van der Waals surface area contributed by atoms with Crippen molar-refractivity contribution < 1.29 is 9.26 Å². The van der Waals surface area contributed by atoms with Crippen molar-refractivity contribution in [3.63, 3.8) is 0 Å². The van der Waals surface area contributed by atoms with Crippen LogP contribution >= 0.6 is 0 Å². The molecule has 24 heavy (non-hydrogen) atoms. The maximum atomic E-state index is 5.20. The number of aryl methyl sites for hydroxylation is 1. The van der Waals surface area contributed by atoms with Gasteiger partial charge in [0.05, 0.1) is 25.2 Å². The van der Waals surface area contributed by atoms with Crippen molar-refractivity contribution >= 4 is 5.95 Å². The van der Waals surface area contributed by atoms with E-state index in [-0.39, 0.29) is 0 Å². The Kier molecular flexibility index (Phi) is 4.10. The van der Waals surface area contributed by atoms with E-state index in [0.29, 0.717) is 11.8 Å². The maximum absolute atomic E-state index is 5.20. The van der Waals surface area contributed by atoms with E-state index >= 15 is 0 Å². The summed E-state index contributed by atoms with van der Waals surface area (Å²) < 4.78 is 10.3. The second-order valence-electron chi connectivity index (χ2n) is 6.67. The van der Waals surface area contributed by atoms with E-state index in [2.05, 4.69) is 24.9 Å². The zero-order valence-corrected chi connectivity index (χ0v) is 14.2. The lowest BCUT2D eigenvalue weighted by molar-refractivity contribution is 0.195. The molecule has 0 saturated carbocycles. The molecule has 2 aromatic heterocycles. The predicted octanol–water partition coefficient (Wildman–Crippen LogP) is 1.88. The molecular weight excluding hydrogens is 306 g/mol. The summed E-state index contributed by atoms with van der Waals surface area (Å²) in [7, 11) is 1.63. The van der Waals surface area contributed by atoms with Gasteiger partial charge in [-0.25, -0.2) is 9.97 Å². The third-order valence-corrected chi connectivity index (χ3v) is 5.15. The van der Waals surface area contributed by atoms with Crippen LogP contribution in [0.3, 0.4) is 0 Å². The van der Waals surface area contributed by atoms with Gasteiger partial charge in [0.15, 0.2) is 5.75 Å². The van der Waals surface area contributed by atoms with Crippen LogP contribution in [-0.4, -0.2) is 52.8 Å². The molecule has 2 unspecified atom stereocenters. The second kappa shape index (κ2) is 6.39. The summed E-state index contributed by atoms with van der Waals surface area (Å²) in [4.78, 5) is 13.7. The Hall–Kier alpha value is -2.15.